The molecule has 2 heterocycles. The summed E-state index contributed by atoms with van der Waals surface area (Å²) >= 11 is 1.74. The van der Waals surface area contributed by atoms with Gasteiger partial charge in [-0.25, -0.2) is 4.98 Å². The average Bonchev–Trinajstić information content (AvgIpc) is 2.87. The molecule has 2 aromatic rings. The molecular weight excluding hydrogens is 218 g/mol. The molecule has 0 atom stereocenters. The Bertz CT molecular complexity index is 417. The number of aromatic nitrogens is 2. The molecule has 0 fully saturated rings. The smallest absolute Gasteiger partial charge is 0.0951 e. The highest BCUT2D eigenvalue weighted by Crippen LogP contribution is 2.10. The van der Waals surface area contributed by atoms with Gasteiger partial charge in [-0.15, -0.1) is 0 Å². The van der Waals surface area contributed by atoms with E-state index in [0.717, 1.165) is 13.1 Å². The molecule has 2 aromatic heterocycles. The van der Waals surface area contributed by atoms with Gasteiger partial charge in [0, 0.05) is 25.3 Å². The predicted octanol–water partition coefficient (Wildman–Crippen LogP) is 2.49. The van der Waals surface area contributed by atoms with Crippen molar-refractivity contribution in [1.29, 1.82) is 0 Å². The number of thiophene rings is 1. The molecule has 0 bridgehead atoms. The van der Waals surface area contributed by atoms with Crippen molar-refractivity contribution < 1.29 is 0 Å². The van der Waals surface area contributed by atoms with Gasteiger partial charge >= 0.3 is 0 Å². The number of nitrogens with one attached hydrogen (secondary N) is 1. The molecule has 0 spiro atoms. The van der Waals surface area contributed by atoms with Gasteiger partial charge in [0.05, 0.1) is 12.0 Å². The van der Waals surface area contributed by atoms with Crippen molar-refractivity contribution in [2.24, 2.45) is 0 Å². The highest BCUT2D eigenvalue weighted by atomic mass is 32.1. The molecule has 1 N–H and O–H groups in total. The maximum Gasteiger partial charge on any atom is 0.0951 e. The maximum absolute atomic E-state index is 4.21. The lowest BCUT2D eigenvalue weighted by atomic mass is 10.3. The SMILES string of the molecule is CC(C)NCc1cncn1Cc1ccsc1. The number of nitrogens with zero attached hydrogens (tertiary/aromatic N) is 2. The van der Waals surface area contributed by atoms with Gasteiger partial charge in [-0.1, -0.05) is 13.8 Å². The van der Waals surface area contributed by atoms with Gasteiger partial charge in [0.1, 0.15) is 0 Å². The van der Waals surface area contributed by atoms with Crippen molar-refractivity contribution in [3.05, 3.63) is 40.6 Å². The third-order valence-electron chi connectivity index (χ3n) is 2.42. The van der Waals surface area contributed by atoms with E-state index in [2.05, 4.69) is 45.5 Å². The van der Waals surface area contributed by atoms with Gasteiger partial charge in [-0.3, -0.25) is 0 Å². The minimum absolute atomic E-state index is 0.504. The molecule has 0 radical (unpaired) electrons. The topological polar surface area (TPSA) is 29.9 Å². The lowest BCUT2D eigenvalue weighted by Gasteiger charge is -2.10. The lowest BCUT2D eigenvalue weighted by Crippen LogP contribution is -2.23. The molecule has 0 unspecified atom stereocenters. The van der Waals surface area contributed by atoms with Crippen molar-refractivity contribution in [1.82, 2.24) is 14.9 Å². The summed E-state index contributed by atoms with van der Waals surface area (Å²) in [5.41, 5.74) is 2.58. The van der Waals surface area contributed by atoms with Gasteiger partial charge in [-0.2, -0.15) is 11.3 Å². The first kappa shape index (κ1) is 11.4. The van der Waals surface area contributed by atoms with Crippen LogP contribution in [0.25, 0.3) is 0 Å². The van der Waals surface area contributed by atoms with Gasteiger partial charge < -0.3 is 9.88 Å². The van der Waals surface area contributed by atoms with E-state index in [1.54, 1.807) is 11.3 Å². The summed E-state index contributed by atoms with van der Waals surface area (Å²) in [6.45, 7) is 6.10. The van der Waals surface area contributed by atoms with Crippen LogP contribution in [0.15, 0.2) is 29.4 Å². The first-order chi connectivity index (χ1) is 7.75. The van der Waals surface area contributed by atoms with Crippen LogP contribution in [0.1, 0.15) is 25.1 Å². The average molecular weight is 235 g/mol. The normalized spacial score (nSPS) is 11.2. The monoisotopic (exact) mass is 235 g/mol. The second-order valence-corrected chi connectivity index (χ2v) is 4.96. The van der Waals surface area contributed by atoms with Gasteiger partial charge in [0.2, 0.25) is 0 Å². The molecule has 16 heavy (non-hydrogen) atoms. The van der Waals surface area contributed by atoms with Gasteiger partial charge in [-0.05, 0) is 22.4 Å². The lowest BCUT2D eigenvalue weighted by molar-refractivity contribution is 0.564. The van der Waals surface area contributed by atoms with Crippen LogP contribution in [-0.2, 0) is 13.1 Å². The molecular formula is C12H17N3S. The summed E-state index contributed by atoms with van der Waals surface area (Å²) in [6.07, 6.45) is 3.83. The minimum atomic E-state index is 0.504. The number of rotatable bonds is 5. The molecule has 2 rings (SSSR count). The molecule has 86 valence electrons. The molecule has 0 aromatic carbocycles. The van der Waals surface area contributed by atoms with Crippen molar-refractivity contribution in [2.45, 2.75) is 33.0 Å². The van der Waals surface area contributed by atoms with E-state index in [4.69, 9.17) is 0 Å². The largest absolute Gasteiger partial charge is 0.329 e. The zero-order valence-electron chi connectivity index (χ0n) is 9.68. The van der Waals surface area contributed by atoms with Crippen LogP contribution in [-0.4, -0.2) is 15.6 Å². The zero-order chi connectivity index (χ0) is 11.4. The molecule has 3 nitrogen and oxygen atoms in total. The number of hydrogen-bond donors (Lipinski definition) is 1. The second kappa shape index (κ2) is 5.27. The van der Waals surface area contributed by atoms with Crippen molar-refractivity contribution in [2.75, 3.05) is 0 Å². The van der Waals surface area contributed by atoms with Crippen LogP contribution in [0, 0.1) is 0 Å². The Balaban J connectivity index is 2.01. The highest BCUT2D eigenvalue weighted by Gasteiger charge is 2.03. The number of hydrogen-bond acceptors (Lipinski definition) is 3. The summed E-state index contributed by atoms with van der Waals surface area (Å²) in [7, 11) is 0. The molecule has 0 aliphatic heterocycles. The summed E-state index contributed by atoms with van der Waals surface area (Å²) < 4.78 is 2.19. The van der Waals surface area contributed by atoms with Crippen LogP contribution in [0.3, 0.4) is 0 Å². The predicted molar refractivity (Wildman–Crippen MR) is 67.6 cm³/mol. The Kier molecular flexibility index (Phi) is 3.74. The van der Waals surface area contributed by atoms with Crippen LogP contribution >= 0.6 is 11.3 Å². The van der Waals surface area contributed by atoms with Gasteiger partial charge in [0.25, 0.3) is 0 Å². The minimum Gasteiger partial charge on any atom is -0.329 e. The van der Waals surface area contributed by atoms with E-state index in [-0.39, 0.29) is 0 Å². The van der Waals surface area contributed by atoms with Crippen molar-refractivity contribution in [3.63, 3.8) is 0 Å². The fourth-order valence-electron chi connectivity index (χ4n) is 1.53. The molecule has 0 aliphatic carbocycles. The first-order valence-electron chi connectivity index (χ1n) is 5.49. The van der Waals surface area contributed by atoms with E-state index >= 15 is 0 Å². The Labute approximate surface area is 100 Å². The van der Waals surface area contributed by atoms with Crippen molar-refractivity contribution >= 4 is 11.3 Å². The van der Waals surface area contributed by atoms with E-state index in [0.29, 0.717) is 6.04 Å². The van der Waals surface area contributed by atoms with E-state index < -0.39 is 0 Å². The molecule has 0 amide bonds. The quantitative estimate of drug-likeness (QED) is 0.863. The Morgan fingerprint density at radius 1 is 1.50 bits per heavy atom. The van der Waals surface area contributed by atoms with Gasteiger partial charge in [0.15, 0.2) is 0 Å². The highest BCUT2D eigenvalue weighted by molar-refractivity contribution is 7.07. The Morgan fingerprint density at radius 2 is 2.38 bits per heavy atom. The summed E-state index contributed by atoms with van der Waals surface area (Å²) in [5.74, 6) is 0. The maximum atomic E-state index is 4.21. The standard InChI is InChI=1S/C12H17N3S/c1-10(2)14-6-12-5-13-9-15(12)7-11-3-4-16-8-11/h3-5,8-10,14H,6-7H2,1-2H3. The molecule has 0 saturated carbocycles. The second-order valence-electron chi connectivity index (χ2n) is 4.18. The Morgan fingerprint density at radius 3 is 3.06 bits per heavy atom. The molecule has 0 aliphatic rings. The van der Waals surface area contributed by atoms with Crippen LogP contribution < -0.4 is 5.32 Å². The third-order valence-corrected chi connectivity index (χ3v) is 3.16. The number of imidazole rings is 1. The summed E-state index contributed by atoms with van der Waals surface area (Å²) in [5, 5.41) is 7.70. The third kappa shape index (κ3) is 2.93. The van der Waals surface area contributed by atoms with Crippen LogP contribution in [0.5, 0.6) is 0 Å². The Hall–Kier alpha value is -1.13. The molecule has 4 heteroatoms. The van der Waals surface area contributed by atoms with Crippen molar-refractivity contribution in [3.8, 4) is 0 Å². The fourth-order valence-corrected chi connectivity index (χ4v) is 2.19. The zero-order valence-corrected chi connectivity index (χ0v) is 10.5. The van der Waals surface area contributed by atoms with E-state index in [1.165, 1.54) is 11.3 Å². The summed E-state index contributed by atoms with van der Waals surface area (Å²) in [6, 6.07) is 2.66. The first-order valence-corrected chi connectivity index (χ1v) is 6.43. The van der Waals surface area contributed by atoms with E-state index in [9.17, 15) is 0 Å². The summed E-state index contributed by atoms with van der Waals surface area (Å²) in [4.78, 5) is 4.21. The van der Waals surface area contributed by atoms with E-state index in [1.807, 2.05) is 12.5 Å². The molecule has 0 saturated heterocycles. The fraction of sp³-hybridized carbons (Fsp3) is 0.417. The van der Waals surface area contributed by atoms with Crippen LogP contribution in [0.4, 0.5) is 0 Å². The van der Waals surface area contributed by atoms with Crippen LogP contribution in [0.2, 0.25) is 0 Å².